The molecule has 0 saturated heterocycles. The molecule has 0 radical (unpaired) electrons. The van der Waals surface area contributed by atoms with Gasteiger partial charge in [-0.2, -0.15) is 0 Å². The number of carbonyl (C=O) groups is 1. The molecule has 0 bridgehead atoms. The quantitative estimate of drug-likeness (QED) is 0.703. The lowest BCUT2D eigenvalue weighted by atomic mass is 9.91. The molecule has 2 N–H and O–H groups in total. The molecule has 5 nitrogen and oxygen atoms in total. The van der Waals surface area contributed by atoms with Crippen molar-refractivity contribution in [1.82, 2.24) is 10.3 Å². The average Bonchev–Trinajstić information content (AvgIpc) is 2.67. The van der Waals surface area contributed by atoms with Gasteiger partial charge in [0.2, 0.25) is 0 Å². The molecule has 2 aromatic rings. The second kappa shape index (κ2) is 9.82. The predicted molar refractivity (Wildman–Crippen MR) is 109 cm³/mol. The standard InChI is InChI=1S/C20H23F3N4O.ClH/c1-27(2)15-7-8-24-18(11-15)25-13-3-5-14(6-4-13)26-20(28)12-9-16(21)19(23)17(22)10-12;/h7-11,13-14H,3-6H2,1-2H3,(H,24,25)(H,26,28);1H. The van der Waals surface area contributed by atoms with Crippen molar-refractivity contribution in [3.05, 3.63) is 53.5 Å². The predicted octanol–water partition coefficient (Wildman–Crippen LogP) is 4.14. The van der Waals surface area contributed by atoms with E-state index in [1.54, 1.807) is 6.20 Å². The number of hydrogen-bond acceptors (Lipinski definition) is 4. The molecule has 29 heavy (non-hydrogen) atoms. The summed E-state index contributed by atoms with van der Waals surface area (Å²) < 4.78 is 39.6. The number of benzene rings is 1. The number of carbonyl (C=O) groups excluding carboxylic acids is 1. The highest BCUT2D eigenvalue weighted by molar-refractivity contribution is 5.94. The van der Waals surface area contributed by atoms with Gasteiger partial charge in [-0.3, -0.25) is 4.79 Å². The van der Waals surface area contributed by atoms with Crippen LogP contribution in [-0.2, 0) is 0 Å². The molecule has 1 fully saturated rings. The van der Waals surface area contributed by atoms with Crippen molar-refractivity contribution in [2.75, 3.05) is 24.3 Å². The topological polar surface area (TPSA) is 57.3 Å². The second-order valence-corrected chi connectivity index (χ2v) is 7.21. The molecule has 1 aromatic heterocycles. The summed E-state index contributed by atoms with van der Waals surface area (Å²) in [7, 11) is 3.93. The first-order chi connectivity index (χ1) is 13.3. The molecule has 1 heterocycles. The zero-order valence-corrected chi connectivity index (χ0v) is 17.0. The zero-order chi connectivity index (χ0) is 20.3. The van der Waals surface area contributed by atoms with E-state index in [2.05, 4.69) is 15.6 Å². The number of nitrogens with zero attached hydrogens (tertiary/aromatic N) is 2. The van der Waals surface area contributed by atoms with Crippen molar-refractivity contribution < 1.29 is 18.0 Å². The SMILES string of the molecule is CN(C)c1ccnc(NC2CCC(NC(=O)c3cc(F)c(F)c(F)c3)CC2)c1.Cl. The Morgan fingerprint density at radius 1 is 1.03 bits per heavy atom. The van der Waals surface area contributed by atoms with E-state index in [0.29, 0.717) is 12.1 Å². The molecule has 1 aromatic carbocycles. The summed E-state index contributed by atoms with van der Waals surface area (Å²) in [5, 5.41) is 6.18. The van der Waals surface area contributed by atoms with Crippen molar-refractivity contribution in [2.45, 2.75) is 37.8 Å². The zero-order valence-electron chi connectivity index (χ0n) is 16.2. The third-order valence-electron chi connectivity index (χ3n) is 4.92. The van der Waals surface area contributed by atoms with Crippen molar-refractivity contribution in [2.24, 2.45) is 0 Å². The Hall–Kier alpha value is -2.48. The molecule has 3 rings (SSSR count). The van der Waals surface area contributed by atoms with Crippen LogP contribution in [0.25, 0.3) is 0 Å². The lowest BCUT2D eigenvalue weighted by Crippen LogP contribution is -2.40. The second-order valence-electron chi connectivity index (χ2n) is 7.21. The van der Waals surface area contributed by atoms with E-state index < -0.39 is 23.4 Å². The fourth-order valence-electron chi connectivity index (χ4n) is 3.32. The van der Waals surface area contributed by atoms with Gasteiger partial charge in [0.05, 0.1) is 0 Å². The van der Waals surface area contributed by atoms with E-state index in [4.69, 9.17) is 0 Å². The lowest BCUT2D eigenvalue weighted by molar-refractivity contribution is 0.0925. The Kier molecular flexibility index (Phi) is 7.73. The van der Waals surface area contributed by atoms with Crippen LogP contribution in [0.5, 0.6) is 0 Å². The summed E-state index contributed by atoms with van der Waals surface area (Å²) in [5.74, 6) is -4.11. The molecule has 1 aliphatic rings. The first kappa shape index (κ1) is 22.8. The first-order valence-corrected chi connectivity index (χ1v) is 9.19. The first-order valence-electron chi connectivity index (χ1n) is 9.19. The van der Waals surface area contributed by atoms with Crippen LogP contribution in [0.3, 0.4) is 0 Å². The summed E-state index contributed by atoms with van der Waals surface area (Å²) in [6, 6.07) is 5.47. The summed E-state index contributed by atoms with van der Waals surface area (Å²) in [4.78, 5) is 18.5. The van der Waals surface area contributed by atoms with Crippen LogP contribution < -0.4 is 15.5 Å². The number of hydrogen-bond donors (Lipinski definition) is 2. The van der Waals surface area contributed by atoms with Gasteiger partial charge in [-0.1, -0.05) is 0 Å². The Labute approximate surface area is 174 Å². The van der Waals surface area contributed by atoms with Crippen molar-refractivity contribution in [3.8, 4) is 0 Å². The highest BCUT2D eigenvalue weighted by Crippen LogP contribution is 2.24. The average molecular weight is 429 g/mol. The maximum Gasteiger partial charge on any atom is 0.251 e. The smallest absolute Gasteiger partial charge is 0.251 e. The number of pyridine rings is 1. The third kappa shape index (κ3) is 5.76. The van der Waals surface area contributed by atoms with Gasteiger partial charge < -0.3 is 15.5 Å². The van der Waals surface area contributed by atoms with Crippen LogP contribution >= 0.6 is 12.4 Å². The number of rotatable bonds is 5. The highest BCUT2D eigenvalue weighted by atomic mass is 35.5. The summed E-state index contributed by atoms with van der Waals surface area (Å²) in [6.45, 7) is 0. The van der Waals surface area contributed by atoms with Crippen LogP contribution in [0.1, 0.15) is 36.0 Å². The van der Waals surface area contributed by atoms with Crippen LogP contribution in [-0.4, -0.2) is 37.1 Å². The molecular formula is C20H24ClF3N4O. The van der Waals surface area contributed by atoms with Crippen LogP contribution in [0.15, 0.2) is 30.5 Å². The summed E-state index contributed by atoms with van der Waals surface area (Å²) in [5.41, 5.74) is 0.832. The van der Waals surface area contributed by atoms with Crippen LogP contribution in [0.4, 0.5) is 24.7 Å². The van der Waals surface area contributed by atoms with Gasteiger partial charge in [0.1, 0.15) is 5.82 Å². The van der Waals surface area contributed by atoms with Gasteiger partial charge in [0.25, 0.3) is 5.91 Å². The fourth-order valence-corrected chi connectivity index (χ4v) is 3.32. The minimum Gasteiger partial charge on any atom is -0.378 e. The number of anilines is 2. The monoisotopic (exact) mass is 428 g/mol. The third-order valence-corrected chi connectivity index (χ3v) is 4.92. The number of nitrogens with one attached hydrogen (secondary N) is 2. The number of aromatic nitrogens is 1. The molecule has 1 amide bonds. The lowest BCUT2D eigenvalue weighted by Gasteiger charge is -2.30. The molecule has 158 valence electrons. The van der Waals surface area contributed by atoms with Crippen molar-refractivity contribution in [3.63, 3.8) is 0 Å². The fraction of sp³-hybridized carbons (Fsp3) is 0.400. The van der Waals surface area contributed by atoms with Gasteiger partial charge in [-0.15, -0.1) is 12.4 Å². The number of halogens is 4. The van der Waals surface area contributed by atoms with E-state index in [-0.39, 0.29) is 30.1 Å². The highest BCUT2D eigenvalue weighted by Gasteiger charge is 2.24. The van der Waals surface area contributed by atoms with Crippen molar-refractivity contribution in [1.29, 1.82) is 0 Å². The Morgan fingerprint density at radius 2 is 1.62 bits per heavy atom. The van der Waals surface area contributed by atoms with Gasteiger partial charge in [0, 0.05) is 49.7 Å². The van der Waals surface area contributed by atoms with E-state index >= 15 is 0 Å². The molecule has 1 saturated carbocycles. The van der Waals surface area contributed by atoms with Gasteiger partial charge in [0.15, 0.2) is 17.5 Å². The van der Waals surface area contributed by atoms with E-state index in [0.717, 1.165) is 37.2 Å². The maximum atomic E-state index is 13.3. The Morgan fingerprint density at radius 3 is 2.21 bits per heavy atom. The largest absolute Gasteiger partial charge is 0.378 e. The van der Waals surface area contributed by atoms with E-state index in [1.165, 1.54) is 0 Å². The Bertz CT molecular complexity index is 834. The Balaban J connectivity index is 0.00000300. The van der Waals surface area contributed by atoms with Gasteiger partial charge >= 0.3 is 0 Å². The van der Waals surface area contributed by atoms with Crippen LogP contribution in [0, 0.1) is 17.5 Å². The molecule has 9 heteroatoms. The number of amides is 1. The van der Waals surface area contributed by atoms with Crippen molar-refractivity contribution >= 4 is 29.8 Å². The normalized spacial score (nSPS) is 18.5. The van der Waals surface area contributed by atoms with E-state index in [1.807, 2.05) is 31.1 Å². The summed E-state index contributed by atoms with van der Waals surface area (Å²) >= 11 is 0. The molecule has 0 spiro atoms. The minimum atomic E-state index is -1.57. The molecule has 0 unspecified atom stereocenters. The van der Waals surface area contributed by atoms with E-state index in [9.17, 15) is 18.0 Å². The molecule has 0 aliphatic heterocycles. The maximum absolute atomic E-state index is 13.3. The molecule has 1 aliphatic carbocycles. The summed E-state index contributed by atoms with van der Waals surface area (Å²) in [6.07, 6.45) is 4.85. The molecular weight excluding hydrogens is 405 g/mol. The van der Waals surface area contributed by atoms with Gasteiger partial charge in [-0.05, 0) is 43.9 Å². The minimum absolute atomic E-state index is 0. The molecule has 0 atom stereocenters. The van der Waals surface area contributed by atoms with Gasteiger partial charge in [-0.25, -0.2) is 18.2 Å². The van der Waals surface area contributed by atoms with Crippen LogP contribution in [0.2, 0.25) is 0 Å².